The van der Waals surface area contributed by atoms with Crippen LogP contribution in [0.3, 0.4) is 0 Å². The number of aromatic nitrogens is 1. The number of carboxylic acids is 1. The number of benzene rings is 1. The van der Waals surface area contributed by atoms with Crippen molar-refractivity contribution in [1.82, 2.24) is 4.98 Å². The van der Waals surface area contributed by atoms with Gasteiger partial charge in [0.1, 0.15) is 11.5 Å². The molecule has 5 nitrogen and oxygen atoms in total. The van der Waals surface area contributed by atoms with Crippen molar-refractivity contribution in [2.45, 2.75) is 6.61 Å². The van der Waals surface area contributed by atoms with Crippen LogP contribution in [0.2, 0.25) is 0 Å². The Bertz CT molecular complexity index is 568. The summed E-state index contributed by atoms with van der Waals surface area (Å²) < 4.78 is 5.50. The van der Waals surface area contributed by atoms with E-state index in [1.165, 1.54) is 12.3 Å². The third-order valence-corrected chi connectivity index (χ3v) is 2.27. The quantitative estimate of drug-likeness (QED) is 0.861. The van der Waals surface area contributed by atoms with Crippen LogP contribution in [0.4, 0.5) is 0 Å². The minimum Gasteiger partial charge on any atom is -0.477 e. The van der Waals surface area contributed by atoms with Crippen LogP contribution in [0, 0.1) is 0 Å². The van der Waals surface area contributed by atoms with Gasteiger partial charge in [-0.15, -0.1) is 0 Å². The summed E-state index contributed by atoms with van der Waals surface area (Å²) in [6, 6.07) is 9.83. The molecule has 0 aliphatic carbocycles. The molecule has 2 rings (SSSR count). The summed E-state index contributed by atoms with van der Waals surface area (Å²) in [5.74, 6) is -0.189. The third-order valence-electron chi connectivity index (χ3n) is 2.27. The molecule has 0 amide bonds. The van der Waals surface area contributed by atoms with Gasteiger partial charge < -0.3 is 14.9 Å². The Morgan fingerprint density at radius 1 is 1.22 bits per heavy atom. The van der Waals surface area contributed by atoms with Crippen molar-refractivity contribution >= 4 is 5.97 Å². The van der Waals surface area contributed by atoms with Gasteiger partial charge in [-0.05, 0) is 23.8 Å². The maximum Gasteiger partial charge on any atom is 0.354 e. The van der Waals surface area contributed by atoms with Crippen LogP contribution in [0.25, 0.3) is 0 Å². The van der Waals surface area contributed by atoms with Crippen LogP contribution in [0.1, 0.15) is 16.1 Å². The number of aliphatic hydroxyl groups excluding tert-OH is 1. The first kappa shape index (κ1) is 12.1. The van der Waals surface area contributed by atoms with E-state index in [1.807, 2.05) is 0 Å². The van der Waals surface area contributed by atoms with Gasteiger partial charge in [0.25, 0.3) is 0 Å². The molecule has 92 valence electrons. The maximum absolute atomic E-state index is 10.8. The van der Waals surface area contributed by atoms with Gasteiger partial charge >= 0.3 is 5.97 Å². The zero-order chi connectivity index (χ0) is 13.0. The first-order chi connectivity index (χ1) is 8.69. The molecule has 2 aromatic rings. The third kappa shape index (κ3) is 2.83. The van der Waals surface area contributed by atoms with Crippen molar-refractivity contribution in [2.75, 3.05) is 0 Å². The van der Waals surface area contributed by atoms with Crippen LogP contribution in [0.15, 0.2) is 42.6 Å². The number of hydrogen-bond acceptors (Lipinski definition) is 4. The van der Waals surface area contributed by atoms with Crippen molar-refractivity contribution in [3.05, 3.63) is 53.9 Å². The molecule has 0 spiro atoms. The summed E-state index contributed by atoms with van der Waals surface area (Å²) in [6.07, 6.45) is 1.37. The van der Waals surface area contributed by atoms with Gasteiger partial charge in [-0.25, -0.2) is 9.78 Å². The van der Waals surface area contributed by atoms with Crippen LogP contribution in [-0.2, 0) is 6.61 Å². The Balaban J connectivity index is 2.22. The normalized spacial score (nSPS) is 10.1. The number of aliphatic hydroxyl groups is 1. The lowest BCUT2D eigenvalue weighted by Gasteiger charge is -2.07. The molecule has 0 aliphatic heterocycles. The van der Waals surface area contributed by atoms with Crippen LogP contribution in [0.5, 0.6) is 11.5 Å². The van der Waals surface area contributed by atoms with Crippen molar-refractivity contribution in [3.63, 3.8) is 0 Å². The minimum absolute atomic E-state index is 0.0755. The number of nitrogens with zero attached hydrogens (tertiary/aromatic N) is 1. The lowest BCUT2D eigenvalue weighted by Crippen LogP contribution is -1.99. The number of ether oxygens (including phenoxy) is 1. The Labute approximate surface area is 103 Å². The number of pyridine rings is 1. The van der Waals surface area contributed by atoms with Gasteiger partial charge in [0.2, 0.25) is 0 Å². The molecule has 0 atom stereocenters. The van der Waals surface area contributed by atoms with Crippen LogP contribution >= 0.6 is 0 Å². The second-order valence-electron chi connectivity index (χ2n) is 3.59. The van der Waals surface area contributed by atoms with E-state index in [2.05, 4.69) is 4.98 Å². The SMILES string of the molecule is O=C(O)c1cc(Oc2cccc(CO)c2)ccn1. The average molecular weight is 245 g/mol. The number of carboxylic acid groups (broad SMARTS) is 1. The van der Waals surface area contributed by atoms with E-state index in [0.29, 0.717) is 11.5 Å². The molecule has 1 aromatic carbocycles. The van der Waals surface area contributed by atoms with Crippen molar-refractivity contribution in [2.24, 2.45) is 0 Å². The standard InChI is InChI=1S/C13H11NO4/c15-8-9-2-1-3-10(6-9)18-11-4-5-14-12(7-11)13(16)17/h1-7,15H,8H2,(H,16,17). The van der Waals surface area contributed by atoms with Crippen molar-refractivity contribution in [3.8, 4) is 11.5 Å². The number of aromatic carboxylic acids is 1. The molecule has 0 radical (unpaired) electrons. The molecular weight excluding hydrogens is 234 g/mol. The van der Waals surface area contributed by atoms with Crippen molar-refractivity contribution in [1.29, 1.82) is 0 Å². The van der Waals surface area contributed by atoms with Gasteiger partial charge in [0, 0.05) is 12.3 Å². The molecule has 0 aliphatic rings. The second-order valence-corrected chi connectivity index (χ2v) is 3.59. The van der Waals surface area contributed by atoms with Crippen molar-refractivity contribution < 1.29 is 19.7 Å². The van der Waals surface area contributed by atoms with E-state index in [0.717, 1.165) is 5.56 Å². The van der Waals surface area contributed by atoms with E-state index in [9.17, 15) is 4.79 Å². The molecule has 2 N–H and O–H groups in total. The summed E-state index contributed by atoms with van der Waals surface area (Å²) in [6.45, 7) is -0.0755. The second kappa shape index (κ2) is 5.29. The Hall–Kier alpha value is -2.40. The molecule has 5 heteroatoms. The fourth-order valence-corrected chi connectivity index (χ4v) is 1.44. The summed E-state index contributed by atoms with van der Waals surface area (Å²) >= 11 is 0. The highest BCUT2D eigenvalue weighted by Crippen LogP contribution is 2.22. The fraction of sp³-hybridized carbons (Fsp3) is 0.0769. The van der Waals surface area contributed by atoms with Crippen LogP contribution in [-0.4, -0.2) is 21.2 Å². The fourth-order valence-electron chi connectivity index (χ4n) is 1.44. The Morgan fingerprint density at radius 2 is 2.00 bits per heavy atom. The Kier molecular flexibility index (Phi) is 3.54. The van der Waals surface area contributed by atoms with E-state index in [-0.39, 0.29) is 12.3 Å². The summed E-state index contributed by atoms with van der Waals surface area (Å²) in [4.78, 5) is 14.4. The Morgan fingerprint density at radius 3 is 2.72 bits per heavy atom. The molecule has 18 heavy (non-hydrogen) atoms. The molecule has 1 heterocycles. The molecular formula is C13H11NO4. The molecule has 0 bridgehead atoms. The number of carbonyl (C=O) groups is 1. The maximum atomic E-state index is 10.8. The zero-order valence-electron chi connectivity index (χ0n) is 9.41. The van der Waals surface area contributed by atoms with E-state index in [4.69, 9.17) is 14.9 Å². The topological polar surface area (TPSA) is 79.7 Å². The zero-order valence-corrected chi connectivity index (χ0v) is 9.41. The minimum atomic E-state index is -1.11. The predicted octanol–water partition coefficient (Wildman–Crippen LogP) is 2.06. The molecule has 0 saturated carbocycles. The number of rotatable bonds is 4. The predicted molar refractivity (Wildman–Crippen MR) is 63.6 cm³/mol. The monoisotopic (exact) mass is 245 g/mol. The number of hydrogen-bond donors (Lipinski definition) is 2. The van der Waals surface area contributed by atoms with Gasteiger partial charge in [0.15, 0.2) is 5.69 Å². The van der Waals surface area contributed by atoms with E-state index < -0.39 is 5.97 Å². The first-order valence-corrected chi connectivity index (χ1v) is 5.26. The van der Waals surface area contributed by atoms with Gasteiger partial charge in [-0.3, -0.25) is 0 Å². The van der Waals surface area contributed by atoms with Crippen LogP contribution < -0.4 is 4.74 Å². The largest absolute Gasteiger partial charge is 0.477 e. The molecule has 0 saturated heterocycles. The lowest BCUT2D eigenvalue weighted by atomic mass is 10.2. The van der Waals surface area contributed by atoms with E-state index in [1.54, 1.807) is 30.3 Å². The molecule has 0 fully saturated rings. The first-order valence-electron chi connectivity index (χ1n) is 5.26. The highest BCUT2D eigenvalue weighted by atomic mass is 16.5. The molecule has 0 unspecified atom stereocenters. The van der Waals surface area contributed by atoms with E-state index >= 15 is 0 Å². The van der Waals surface area contributed by atoms with Gasteiger partial charge in [-0.2, -0.15) is 0 Å². The average Bonchev–Trinajstić information content (AvgIpc) is 2.39. The summed E-state index contributed by atoms with van der Waals surface area (Å²) in [5, 5.41) is 17.8. The highest BCUT2D eigenvalue weighted by Gasteiger charge is 2.06. The smallest absolute Gasteiger partial charge is 0.354 e. The van der Waals surface area contributed by atoms with Gasteiger partial charge in [-0.1, -0.05) is 12.1 Å². The summed E-state index contributed by atoms with van der Waals surface area (Å²) in [7, 11) is 0. The highest BCUT2D eigenvalue weighted by molar-refractivity contribution is 5.85. The lowest BCUT2D eigenvalue weighted by molar-refractivity contribution is 0.0690. The molecule has 1 aromatic heterocycles. The van der Waals surface area contributed by atoms with Gasteiger partial charge in [0.05, 0.1) is 6.61 Å². The summed E-state index contributed by atoms with van der Waals surface area (Å²) in [5.41, 5.74) is 0.644.